The number of hydrogen-bond acceptors (Lipinski definition) is 3. The number of benzene rings is 2. The summed E-state index contributed by atoms with van der Waals surface area (Å²) in [6.07, 6.45) is 1.31. The number of halogens is 2. The smallest absolute Gasteiger partial charge is 0.243 e. The maximum Gasteiger partial charge on any atom is 0.243 e. The fraction of sp³-hybridized carbons (Fsp3) is 0.417. The minimum atomic E-state index is -0.607. The average Bonchev–Trinajstić information content (AvgIpc) is 2.76. The quantitative estimate of drug-likeness (QED) is 0.520. The van der Waals surface area contributed by atoms with Crippen LogP contribution in [0.4, 0.5) is 0 Å². The summed E-state index contributed by atoms with van der Waals surface area (Å²) in [5.74, 6) is 0.354. The van der Waals surface area contributed by atoms with Crippen LogP contribution in [0.2, 0.25) is 10.0 Å². The number of carbonyl (C=O) groups excluding carboxylic acids is 2. The first kappa shape index (κ1) is 25.0. The molecule has 31 heavy (non-hydrogen) atoms. The van der Waals surface area contributed by atoms with Crippen LogP contribution < -0.4 is 10.1 Å². The van der Waals surface area contributed by atoms with E-state index < -0.39 is 6.04 Å². The van der Waals surface area contributed by atoms with Crippen molar-refractivity contribution in [3.8, 4) is 5.75 Å². The maximum atomic E-state index is 13.4. The van der Waals surface area contributed by atoms with Gasteiger partial charge in [-0.3, -0.25) is 9.59 Å². The lowest BCUT2D eigenvalue weighted by molar-refractivity contribution is -0.141. The van der Waals surface area contributed by atoms with Crippen molar-refractivity contribution in [2.45, 2.75) is 58.7 Å². The van der Waals surface area contributed by atoms with Gasteiger partial charge in [0.1, 0.15) is 11.8 Å². The summed E-state index contributed by atoms with van der Waals surface area (Å²) >= 11 is 12.6. The lowest BCUT2D eigenvalue weighted by Crippen LogP contribution is -2.51. The first-order valence-corrected chi connectivity index (χ1v) is 11.2. The molecule has 0 saturated heterocycles. The predicted octanol–water partition coefficient (Wildman–Crippen LogP) is 5.27. The zero-order valence-electron chi connectivity index (χ0n) is 18.5. The SMILES string of the molecule is CCC(C)NC(=O)C(CC)N(Cc1ccc(OC)cc1)C(=O)Cc1c(Cl)cccc1Cl. The number of amides is 2. The molecule has 2 rings (SSSR count). The molecule has 0 fully saturated rings. The lowest BCUT2D eigenvalue weighted by Gasteiger charge is -2.31. The number of rotatable bonds is 10. The first-order valence-electron chi connectivity index (χ1n) is 10.5. The number of carbonyl (C=O) groups is 2. The average molecular weight is 465 g/mol. The summed E-state index contributed by atoms with van der Waals surface area (Å²) in [6.45, 7) is 6.14. The van der Waals surface area contributed by atoms with Crippen LogP contribution in [0.3, 0.4) is 0 Å². The molecular formula is C24H30Cl2N2O3. The number of hydrogen-bond donors (Lipinski definition) is 1. The standard InChI is InChI=1S/C24H30Cl2N2O3/c1-5-16(3)27-24(30)22(6-2)28(15-17-10-12-18(31-4)13-11-17)23(29)14-19-20(25)8-7-9-21(19)26/h7-13,16,22H,5-6,14-15H2,1-4H3,(H,27,30). The largest absolute Gasteiger partial charge is 0.497 e. The van der Waals surface area contributed by atoms with Gasteiger partial charge in [-0.05, 0) is 55.2 Å². The molecule has 2 atom stereocenters. The van der Waals surface area contributed by atoms with Crippen molar-refractivity contribution < 1.29 is 14.3 Å². The number of nitrogens with one attached hydrogen (secondary N) is 1. The summed E-state index contributed by atoms with van der Waals surface area (Å²) in [6, 6.07) is 12.0. The Morgan fingerprint density at radius 1 is 1.03 bits per heavy atom. The lowest BCUT2D eigenvalue weighted by atomic mass is 10.1. The number of methoxy groups -OCH3 is 1. The van der Waals surface area contributed by atoms with Crippen LogP contribution in [0, 0.1) is 0 Å². The Balaban J connectivity index is 2.34. The van der Waals surface area contributed by atoms with Gasteiger partial charge in [0.05, 0.1) is 13.5 Å². The predicted molar refractivity (Wildman–Crippen MR) is 126 cm³/mol. The van der Waals surface area contributed by atoms with E-state index in [-0.39, 0.29) is 30.8 Å². The Morgan fingerprint density at radius 3 is 2.16 bits per heavy atom. The van der Waals surface area contributed by atoms with Gasteiger partial charge in [0.2, 0.25) is 11.8 Å². The monoisotopic (exact) mass is 464 g/mol. The summed E-state index contributed by atoms with van der Waals surface area (Å²) in [5.41, 5.74) is 1.46. The van der Waals surface area contributed by atoms with Crippen LogP contribution in [0.5, 0.6) is 5.75 Å². The molecule has 0 heterocycles. The molecule has 2 amide bonds. The van der Waals surface area contributed by atoms with Crippen LogP contribution in [0.1, 0.15) is 44.7 Å². The molecule has 0 radical (unpaired) electrons. The molecule has 2 aromatic carbocycles. The molecule has 0 saturated carbocycles. The van der Waals surface area contributed by atoms with Crippen molar-refractivity contribution in [2.24, 2.45) is 0 Å². The molecule has 2 unspecified atom stereocenters. The highest BCUT2D eigenvalue weighted by Crippen LogP contribution is 2.26. The van der Waals surface area contributed by atoms with Crippen LogP contribution in [0.15, 0.2) is 42.5 Å². The molecule has 0 aliphatic carbocycles. The van der Waals surface area contributed by atoms with Crippen molar-refractivity contribution in [2.75, 3.05) is 7.11 Å². The molecule has 1 N–H and O–H groups in total. The third-order valence-electron chi connectivity index (χ3n) is 5.29. The van der Waals surface area contributed by atoms with Gasteiger partial charge in [-0.25, -0.2) is 0 Å². The van der Waals surface area contributed by atoms with Crippen LogP contribution in [-0.2, 0) is 22.6 Å². The highest BCUT2D eigenvalue weighted by molar-refractivity contribution is 6.36. The van der Waals surface area contributed by atoms with Gasteiger partial charge in [0, 0.05) is 22.6 Å². The highest BCUT2D eigenvalue weighted by Gasteiger charge is 2.30. The minimum absolute atomic E-state index is 0.0156. The van der Waals surface area contributed by atoms with Crippen molar-refractivity contribution in [3.63, 3.8) is 0 Å². The van der Waals surface area contributed by atoms with Crippen LogP contribution in [0.25, 0.3) is 0 Å². The summed E-state index contributed by atoms with van der Waals surface area (Å²) in [5, 5.41) is 3.87. The Labute approximate surface area is 194 Å². The van der Waals surface area contributed by atoms with E-state index >= 15 is 0 Å². The van der Waals surface area contributed by atoms with E-state index in [1.807, 2.05) is 45.0 Å². The Bertz CT molecular complexity index is 867. The highest BCUT2D eigenvalue weighted by atomic mass is 35.5. The maximum absolute atomic E-state index is 13.4. The molecule has 0 bridgehead atoms. The van der Waals surface area contributed by atoms with E-state index in [1.165, 1.54) is 0 Å². The second-order valence-electron chi connectivity index (χ2n) is 7.49. The molecule has 0 spiro atoms. The topological polar surface area (TPSA) is 58.6 Å². The Kier molecular flexibility index (Phi) is 9.66. The minimum Gasteiger partial charge on any atom is -0.497 e. The van der Waals surface area contributed by atoms with Gasteiger partial charge in [0.15, 0.2) is 0 Å². The fourth-order valence-corrected chi connectivity index (χ4v) is 3.77. The van der Waals surface area contributed by atoms with Gasteiger partial charge in [0.25, 0.3) is 0 Å². The van der Waals surface area contributed by atoms with E-state index in [4.69, 9.17) is 27.9 Å². The second kappa shape index (κ2) is 12.0. The van der Waals surface area contributed by atoms with Crippen molar-refractivity contribution in [1.82, 2.24) is 10.2 Å². The normalized spacial score (nSPS) is 12.7. The third kappa shape index (κ3) is 6.88. The first-order chi connectivity index (χ1) is 14.8. The van der Waals surface area contributed by atoms with Gasteiger partial charge in [-0.1, -0.05) is 55.2 Å². The van der Waals surface area contributed by atoms with Crippen LogP contribution >= 0.6 is 23.2 Å². The van der Waals surface area contributed by atoms with Gasteiger partial charge in [-0.2, -0.15) is 0 Å². The fourth-order valence-electron chi connectivity index (χ4n) is 3.24. The zero-order valence-corrected chi connectivity index (χ0v) is 20.0. The number of ether oxygens (including phenoxy) is 1. The van der Waals surface area contributed by atoms with E-state index in [0.717, 1.165) is 17.7 Å². The van der Waals surface area contributed by atoms with Gasteiger partial charge < -0.3 is 15.0 Å². The van der Waals surface area contributed by atoms with Crippen molar-refractivity contribution in [1.29, 1.82) is 0 Å². The molecule has 2 aromatic rings. The summed E-state index contributed by atoms with van der Waals surface area (Å²) in [4.78, 5) is 28.0. The van der Waals surface area contributed by atoms with E-state index in [9.17, 15) is 9.59 Å². The molecule has 0 aromatic heterocycles. The van der Waals surface area contributed by atoms with Crippen molar-refractivity contribution >= 4 is 35.0 Å². The Morgan fingerprint density at radius 2 is 1.65 bits per heavy atom. The Hall–Kier alpha value is -2.24. The summed E-state index contributed by atoms with van der Waals surface area (Å²) in [7, 11) is 1.60. The molecule has 168 valence electrons. The molecule has 7 heteroatoms. The second-order valence-corrected chi connectivity index (χ2v) is 8.30. The van der Waals surface area contributed by atoms with E-state index in [1.54, 1.807) is 30.2 Å². The molecule has 0 aliphatic heterocycles. The van der Waals surface area contributed by atoms with Crippen LogP contribution in [-0.4, -0.2) is 35.9 Å². The zero-order chi connectivity index (χ0) is 23.0. The van der Waals surface area contributed by atoms with Gasteiger partial charge in [-0.15, -0.1) is 0 Å². The van der Waals surface area contributed by atoms with E-state index in [2.05, 4.69) is 5.32 Å². The van der Waals surface area contributed by atoms with E-state index in [0.29, 0.717) is 22.0 Å². The molecule has 0 aliphatic rings. The number of nitrogens with zero attached hydrogens (tertiary/aromatic N) is 1. The van der Waals surface area contributed by atoms with Crippen molar-refractivity contribution in [3.05, 3.63) is 63.6 Å². The third-order valence-corrected chi connectivity index (χ3v) is 6.00. The van der Waals surface area contributed by atoms with Gasteiger partial charge >= 0.3 is 0 Å². The molecular weight excluding hydrogens is 435 g/mol. The summed E-state index contributed by atoms with van der Waals surface area (Å²) < 4.78 is 5.22. The molecule has 5 nitrogen and oxygen atoms in total.